The lowest BCUT2D eigenvalue weighted by Gasteiger charge is -2.31. The van der Waals surface area contributed by atoms with Gasteiger partial charge in [0.2, 0.25) is 0 Å². The number of amides is 1. The Hall–Kier alpha value is -0.770. The van der Waals surface area contributed by atoms with Crippen LogP contribution in [0.5, 0.6) is 0 Å². The van der Waals surface area contributed by atoms with Crippen molar-refractivity contribution in [3.63, 3.8) is 0 Å². The maximum atomic E-state index is 10.6. The summed E-state index contributed by atoms with van der Waals surface area (Å²) in [4.78, 5) is 12.2. The molecule has 2 rings (SSSR count). The Bertz CT molecular complexity index is 191. The molecular formula is C8H14N2O2. The minimum absolute atomic E-state index is 0.426. The zero-order valence-electron chi connectivity index (χ0n) is 6.99. The molecule has 1 atom stereocenters. The van der Waals surface area contributed by atoms with Crippen molar-refractivity contribution in [3.05, 3.63) is 0 Å². The summed E-state index contributed by atoms with van der Waals surface area (Å²) in [6, 6.07) is 0.426. The maximum absolute atomic E-state index is 10.6. The Balaban J connectivity index is 1.89. The molecule has 1 saturated carbocycles. The van der Waals surface area contributed by atoms with Gasteiger partial charge in [-0.2, -0.15) is 0 Å². The first-order valence-electron chi connectivity index (χ1n) is 4.48. The van der Waals surface area contributed by atoms with Crippen molar-refractivity contribution in [1.82, 2.24) is 10.2 Å². The summed E-state index contributed by atoms with van der Waals surface area (Å²) in [5.41, 5.74) is 0. The van der Waals surface area contributed by atoms with Crippen molar-refractivity contribution in [2.24, 2.45) is 5.92 Å². The van der Waals surface area contributed by atoms with E-state index < -0.39 is 6.09 Å². The number of nitrogens with zero attached hydrogens (tertiary/aromatic N) is 1. The normalized spacial score (nSPS) is 30.3. The molecule has 1 aliphatic heterocycles. The molecule has 0 bridgehead atoms. The van der Waals surface area contributed by atoms with Gasteiger partial charge in [0, 0.05) is 25.7 Å². The van der Waals surface area contributed by atoms with E-state index in [0.29, 0.717) is 19.1 Å². The highest BCUT2D eigenvalue weighted by Gasteiger charge is 2.34. The fourth-order valence-corrected chi connectivity index (χ4v) is 1.77. The van der Waals surface area contributed by atoms with E-state index in [-0.39, 0.29) is 0 Å². The number of carbonyl (C=O) groups is 1. The molecule has 0 aromatic carbocycles. The summed E-state index contributed by atoms with van der Waals surface area (Å²) >= 11 is 0. The van der Waals surface area contributed by atoms with Crippen molar-refractivity contribution < 1.29 is 9.90 Å². The average molecular weight is 170 g/mol. The predicted octanol–water partition coefficient (Wildman–Crippen LogP) is 0.348. The van der Waals surface area contributed by atoms with Crippen LogP contribution < -0.4 is 5.32 Å². The minimum atomic E-state index is -0.776. The Morgan fingerprint density at radius 2 is 2.25 bits per heavy atom. The number of rotatable bonds is 1. The molecule has 0 aromatic heterocycles. The topological polar surface area (TPSA) is 52.6 Å². The van der Waals surface area contributed by atoms with Gasteiger partial charge in [0.15, 0.2) is 0 Å². The van der Waals surface area contributed by atoms with Crippen molar-refractivity contribution in [3.8, 4) is 0 Å². The van der Waals surface area contributed by atoms with E-state index in [2.05, 4.69) is 5.32 Å². The highest BCUT2D eigenvalue weighted by Crippen LogP contribution is 2.33. The van der Waals surface area contributed by atoms with E-state index in [1.165, 1.54) is 17.7 Å². The van der Waals surface area contributed by atoms with Gasteiger partial charge in [-0.3, -0.25) is 0 Å². The Kier molecular flexibility index (Phi) is 1.92. The van der Waals surface area contributed by atoms with Gasteiger partial charge in [-0.25, -0.2) is 4.79 Å². The van der Waals surface area contributed by atoms with Crippen LogP contribution >= 0.6 is 0 Å². The molecule has 1 aliphatic carbocycles. The molecule has 1 saturated heterocycles. The highest BCUT2D eigenvalue weighted by atomic mass is 16.4. The standard InChI is InChI=1S/C8H14N2O2/c11-8(12)10-4-3-9-7(5-10)6-1-2-6/h6-7,9H,1-5H2,(H,11,12)/t7-/m1/s1. The van der Waals surface area contributed by atoms with Crippen LogP contribution in [0.3, 0.4) is 0 Å². The molecule has 1 heterocycles. The molecule has 0 unspecified atom stereocenters. The molecule has 2 N–H and O–H groups in total. The number of piperazine rings is 1. The Morgan fingerprint density at radius 3 is 2.83 bits per heavy atom. The summed E-state index contributed by atoms with van der Waals surface area (Å²) in [5, 5.41) is 12.1. The monoisotopic (exact) mass is 170 g/mol. The molecule has 1 amide bonds. The van der Waals surface area contributed by atoms with Crippen LogP contribution in [0.15, 0.2) is 0 Å². The first-order chi connectivity index (χ1) is 5.77. The molecule has 2 fully saturated rings. The second-order valence-electron chi connectivity index (χ2n) is 3.63. The van der Waals surface area contributed by atoms with Gasteiger partial charge in [-0.1, -0.05) is 0 Å². The van der Waals surface area contributed by atoms with Crippen molar-refractivity contribution in [2.75, 3.05) is 19.6 Å². The van der Waals surface area contributed by atoms with Crippen LogP contribution in [-0.4, -0.2) is 41.8 Å². The van der Waals surface area contributed by atoms with E-state index in [4.69, 9.17) is 5.11 Å². The minimum Gasteiger partial charge on any atom is -0.465 e. The number of carboxylic acid groups (broad SMARTS) is 1. The maximum Gasteiger partial charge on any atom is 0.407 e. The predicted molar refractivity (Wildman–Crippen MR) is 44.1 cm³/mol. The van der Waals surface area contributed by atoms with Crippen molar-refractivity contribution in [1.29, 1.82) is 0 Å². The molecule has 2 aliphatic rings. The van der Waals surface area contributed by atoms with Gasteiger partial charge < -0.3 is 15.3 Å². The first-order valence-corrected chi connectivity index (χ1v) is 4.48. The van der Waals surface area contributed by atoms with E-state index in [0.717, 1.165) is 12.5 Å². The molecule has 0 radical (unpaired) electrons. The highest BCUT2D eigenvalue weighted by molar-refractivity contribution is 5.65. The second kappa shape index (κ2) is 2.94. The summed E-state index contributed by atoms with van der Waals surface area (Å²) in [6.07, 6.45) is 1.76. The summed E-state index contributed by atoms with van der Waals surface area (Å²) in [6.45, 7) is 2.13. The van der Waals surface area contributed by atoms with Crippen LogP contribution in [0.25, 0.3) is 0 Å². The van der Waals surface area contributed by atoms with Gasteiger partial charge >= 0.3 is 6.09 Å². The molecule has 68 valence electrons. The van der Waals surface area contributed by atoms with Gasteiger partial charge in [0.25, 0.3) is 0 Å². The summed E-state index contributed by atoms with van der Waals surface area (Å²) in [5.74, 6) is 0.743. The Labute approximate surface area is 71.5 Å². The largest absolute Gasteiger partial charge is 0.465 e. The quantitative estimate of drug-likeness (QED) is 0.597. The zero-order chi connectivity index (χ0) is 8.55. The number of hydrogen-bond donors (Lipinski definition) is 2. The lowest BCUT2D eigenvalue weighted by atomic mass is 10.1. The van der Waals surface area contributed by atoms with E-state index in [1.54, 1.807) is 0 Å². The fraction of sp³-hybridized carbons (Fsp3) is 0.875. The van der Waals surface area contributed by atoms with Crippen molar-refractivity contribution >= 4 is 6.09 Å². The molecule has 0 aromatic rings. The summed E-state index contributed by atoms with van der Waals surface area (Å²) in [7, 11) is 0. The lowest BCUT2D eigenvalue weighted by Crippen LogP contribution is -2.53. The van der Waals surface area contributed by atoms with E-state index in [9.17, 15) is 4.79 Å². The van der Waals surface area contributed by atoms with E-state index >= 15 is 0 Å². The molecule has 12 heavy (non-hydrogen) atoms. The first kappa shape index (κ1) is 7.86. The zero-order valence-corrected chi connectivity index (χ0v) is 6.99. The Morgan fingerprint density at radius 1 is 1.50 bits per heavy atom. The lowest BCUT2D eigenvalue weighted by molar-refractivity contribution is 0.126. The van der Waals surface area contributed by atoms with Gasteiger partial charge in [-0.05, 0) is 18.8 Å². The molecule has 0 spiro atoms. The van der Waals surface area contributed by atoms with Crippen LogP contribution in [0.1, 0.15) is 12.8 Å². The van der Waals surface area contributed by atoms with Crippen LogP contribution in [0.2, 0.25) is 0 Å². The average Bonchev–Trinajstić information content (AvgIpc) is 2.87. The third-order valence-corrected chi connectivity index (χ3v) is 2.67. The van der Waals surface area contributed by atoms with Crippen LogP contribution in [0.4, 0.5) is 4.79 Å². The van der Waals surface area contributed by atoms with Crippen LogP contribution in [-0.2, 0) is 0 Å². The molecule has 4 heteroatoms. The summed E-state index contributed by atoms with van der Waals surface area (Å²) < 4.78 is 0. The smallest absolute Gasteiger partial charge is 0.407 e. The third-order valence-electron chi connectivity index (χ3n) is 2.67. The van der Waals surface area contributed by atoms with E-state index in [1.807, 2.05) is 0 Å². The SMILES string of the molecule is O=C(O)N1CCN[C@@H](C2CC2)C1. The van der Waals surface area contributed by atoms with Crippen LogP contribution in [0, 0.1) is 5.92 Å². The van der Waals surface area contributed by atoms with Gasteiger partial charge in [0.05, 0.1) is 0 Å². The van der Waals surface area contributed by atoms with Gasteiger partial charge in [-0.15, -0.1) is 0 Å². The number of hydrogen-bond acceptors (Lipinski definition) is 2. The second-order valence-corrected chi connectivity index (χ2v) is 3.63. The number of nitrogens with one attached hydrogen (secondary N) is 1. The third kappa shape index (κ3) is 1.53. The molecular weight excluding hydrogens is 156 g/mol. The fourth-order valence-electron chi connectivity index (χ4n) is 1.77. The van der Waals surface area contributed by atoms with Crippen molar-refractivity contribution in [2.45, 2.75) is 18.9 Å². The molecule has 4 nitrogen and oxygen atoms in total. The van der Waals surface area contributed by atoms with Gasteiger partial charge in [0.1, 0.15) is 0 Å².